The van der Waals surface area contributed by atoms with Gasteiger partial charge in [0.1, 0.15) is 0 Å². The molecule has 2 aliphatic rings. The quantitative estimate of drug-likeness (QED) is 0.571. The Balaban J connectivity index is 0.000000251. The highest BCUT2D eigenvalue weighted by Crippen LogP contribution is 2.58. The number of hydrogen-bond acceptors (Lipinski definition) is 1. The Morgan fingerprint density at radius 3 is 2.23 bits per heavy atom. The number of hydrogen-bond donors (Lipinski definition) is 1. The molecule has 0 spiro atoms. The lowest BCUT2D eigenvalue weighted by Crippen LogP contribution is -2.21. The van der Waals surface area contributed by atoms with E-state index in [0.717, 1.165) is 11.8 Å². The Kier molecular flexibility index (Phi) is 3.18. The van der Waals surface area contributed by atoms with Crippen LogP contribution in [0.2, 0.25) is 0 Å². The summed E-state index contributed by atoms with van der Waals surface area (Å²) in [6.45, 7) is 10.8. The van der Waals surface area contributed by atoms with Crippen LogP contribution in [-0.2, 0) is 0 Å². The van der Waals surface area contributed by atoms with Crippen LogP contribution in [0.4, 0.5) is 0 Å². The molecule has 0 aromatic carbocycles. The first kappa shape index (κ1) is 10.8. The van der Waals surface area contributed by atoms with E-state index in [1.54, 1.807) is 6.92 Å². The standard InChI is InChI=1S/C10H16.C2H6O/c1-7-8-4-5-9(6-8)10(7,2)3;1-2-3/h8-9H,1,4-6H2,2-3H3;3H,2H2,1H3. The summed E-state index contributed by atoms with van der Waals surface area (Å²) in [6.07, 6.45) is 4.31. The highest BCUT2D eigenvalue weighted by molar-refractivity contribution is 5.22. The molecule has 1 heteroatoms. The summed E-state index contributed by atoms with van der Waals surface area (Å²) in [5, 5.41) is 7.57. The van der Waals surface area contributed by atoms with Crippen molar-refractivity contribution in [1.29, 1.82) is 0 Å². The zero-order chi connectivity index (χ0) is 10.1. The molecular weight excluding hydrogens is 160 g/mol. The number of aliphatic hydroxyl groups excluding tert-OH is 1. The summed E-state index contributed by atoms with van der Waals surface area (Å²) in [6, 6.07) is 0. The summed E-state index contributed by atoms with van der Waals surface area (Å²) < 4.78 is 0. The van der Waals surface area contributed by atoms with Gasteiger partial charge in [0.05, 0.1) is 0 Å². The second kappa shape index (κ2) is 3.83. The molecule has 0 heterocycles. The van der Waals surface area contributed by atoms with Gasteiger partial charge in [-0.2, -0.15) is 0 Å². The largest absolute Gasteiger partial charge is 0.397 e. The molecule has 2 unspecified atom stereocenters. The fourth-order valence-corrected chi connectivity index (χ4v) is 2.74. The van der Waals surface area contributed by atoms with Crippen molar-refractivity contribution in [3.8, 4) is 0 Å². The van der Waals surface area contributed by atoms with E-state index in [0.29, 0.717) is 5.41 Å². The maximum Gasteiger partial charge on any atom is 0.0402 e. The van der Waals surface area contributed by atoms with Gasteiger partial charge in [-0.3, -0.25) is 0 Å². The fraction of sp³-hybridized carbons (Fsp3) is 0.833. The molecule has 2 bridgehead atoms. The SMILES string of the molecule is C=C1C2CCC(C2)C1(C)C.CCO. The minimum absolute atomic E-state index is 0.250. The molecule has 0 saturated heterocycles. The van der Waals surface area contributed by atoms with E-state index < -0.39 is 0 Å². The average molecular weight is 182 g/mol. The van der Waals surface area contributed by atoms with Crippen LogP contribution in [0.3, 0.4) is 0 Å². The zero-order valence-corrected chi connectivity index (χ0v) is 9.14. The van der Waals surface area contributed by atoms with Crippen molar-refractivity contribution in [3.05, 3.63) is 12.2 Å². The molecule has 2 aliphatic carbocycles. The maximum absolute atomic E-state index is 7.57. The zero-order valence-electron chi connectivity index (χ0n) is 9.14. The first-order valence-electron chi connectivity index (χ1n) is 5.34. The Bertz CT molecular complexity index is 193. The summed E-state index contributed by atoms with van der Waals surface area (Å²) in [4.78, 5) is 0. The molecule has 76 valence electrons. The molecule has 2 saturated carbocycles. The van der Waals surface area contributed by atoms with Crippen LogP contribution in [0.1, 0.15) is 40.0 Å². The minimum Gasteiger partial charge on any atom is -0.397 e. The molecule has 0 aromatic heterocycles. The van der Waals surface area contributed by atoms with Crippen LogP contribution in [0.25, 0.3) is 0 Å². The topological polar surface area (TPSA) is 20.2 Å². The van der Waals surface area contributed by atoms with Gasteiger partial charge in [-0.05, 0) is 43.4 Å². The van der Waals surface area contributed by atoms with E-state index in [9.17, 15) is 0 Å². The number of rotatable bonds is 0. The van der Waals surface area contributed by atoms with Crippen LogP contribution >= 0.6 is 0 Å². The van der Waals surface area contributed by atoms with Crippen LogP contribution in [0.15, 0.2) is 12.2 Å². The van der Waals surface area contributed by atoms with Crippen molar-refractivity contribution >= 4 is 0 Å². The monoisotopic (exact) mass is 182 g/mol. The summed E-state index contributed by atoms with van der Waals surface area (Å²) in [5.74, 6) is 1.85. The maximum atomic E-state index is 7.57. The summed E-state index contributed by atoms with van der Waals surface area (Å²) in [7, 11) is 0. The van der Waals surface area contributed by atoms with Crippen molar-refractivity contribution in [2.24, 2.45) is 17.3 Å². The van der Waals surface area contributed by atoms with Gasteiger partial charge in [-0.25, -0.2) is 0 Å². The predicted molar refractivity (Wildman–Crippen MR) is 56.5 cm³/mol. The van der Waals surface area contributed by atoms with Crippen LogP contribution in [0.5, 0.6) is 0 Å². The molecule has 2 rings (SSSR count). The van der Waals surface area contributed by atoms with Gasteiger partial charge in [0.25, 0.3) is 0 Å². The lowest BCUT2D eigenvalue weighted by Gasteiger charge is -2.31. The van der Waals surface area contributed by atoms with Gasteiger partial charge in [-0.1, -0.05) is 26.0 Å². The molecule has 0 radical (unpaired) electrons. The Morgan fingerprint density at radius 1 is 1.46 bits per heavy atom. The van der Waals surface area contributed by atoms with Gasteiger partial charge in [0.15, 0.2) is 0 Å². The first-order chi connectivity index (χ1) is 6.04. The van der Waals surface area contributed by atoms with E-state index >= 15 is 0 Å². The highest BCUT2D eigenvalue weighted by Gasteiger charge is 2.47. The molecule has 0 amide bonds. The third kappa shape index (κ3) is 1.80. The Morgan fingerprint density at radius 2 is 2.00 bits per heavy atom. The van der Waals surface area contributed by atoms with Crippen molar-refractivity contribution < 1.29 is 5.11 Å². The lowest BCUT2D eigenvalue weighted by atomic mass is 9.73. The fourth-order valence-electron chi connectivity index (χ4n) is 2.74. The molecule has 13 heavy (non-hydrogen) atoms. The Labute approximate surface area is 81.9 Å². The Hall–Kier alpha value is -0.300. The first-order valence-corrected chi connectivity index (χ1v) is 5.34. The third-order valence-corrected chi connectivity index (χ3v) is 3.77. The van der Waals surface area contributed by atoms with Crippen LogP contribution < -0.4 is 0 Å². The third-order valence-electron chi connectivity index (χ3n) is 3.77. The molecule has 0 aliphatic heterocycles. The molecule has 0 aromatic rings. The van der Waals surface area contributed by atoms with Gasteiger partial charge >= 0.3 is 0 Å². The van der Waals surface area contributed by atoms with Crippen molar-refractivity contribution in [1.82, 2.24) is 0 Å². The smallest absolute Gasteiger partial charge is 0.0402 e. The van der Waals surface area contributed by atoms with Crippen molar-refractivity contribution in [2.45, 2.75) is 40.0 Å². The summed E-state index contributed by atoms with van der Waals surface area (Å²) in [5.41, 5.74) is 2.01. The molecule has 2 atom stereocenters. The van der Waals surface area contributed by atoms with Gasteiger partial charge in [0.2, 0.25) is 0 Å². The number of aliphatic hydroxyl groups is 1. The molecule has 2 fully saturated rings. The van der Waals surface area contributed by atoms with Gasteiger partial charge < -0.3 is 5.11 Å². The average Bonchev–Trinajstić information content (AvgIpc) is 2.57. The predicted octanol–water partition coefficient (Wildman–Crippen LogP) is 3.00. The van der Waals surface area contributed by atoms with Gasteiger partial charge in [0, 0.05) is 6.61 Å². The number of fused-ring (bicyclic) bond motifs is 2. The number of allylic oxidation sites excluding steroid dienone is 1. The second-order valence-electron chi connectivity index (χ2n) is 4.77. The van der Waals surface area contributed by atoms with Crippen molar-refractivity contribution in [3.63, 3.8) is 0 Å². The van der Waals surface area contributed by atoms with Gasteiger partial charge in [-0.15, -0.1) is 0 Å². The van der Waals surface area contributed by atoms with Crippen molar-refractivity contribution in [2.75, 3.05) is 6.61 Å². The molecular formula is C12H22O. The van der Waals surface area contributed by atoms with E-state index in [1.165, 1.54) is 24.8 Å². The highest BCUT2D eigenvalue weighted by atomic mass is 16.2. The lowest BCUT2D eigenvalue weighted by molar-refractivity contribution is 0.289. The van der Waals surface area contributed by atoms with E-state index in [1.807, 2.05) is 0 Å². The van der Waals surface area contributed by atoms with E-state index in [2.05, 4.69) is 20.4 Å². The van der Waals surface area contributed by atoms with E-state index in [-0.39, 0.29) is 6.61 Å². The van der Waals surface area contributed by atoms with E-state index in [4.69, 9.17) is 5.11 Å². The van der Waals surface area contributed by atoms with Crippen LogP contribution in [0, 0.1) is 17.3 Å². The second-order valence-corrected chi connectivity index (χ2v) is 4.77. The molecule has 1 N–H and O–H groups in total. The molecule has 1 nitrogen and oxygen atoms in total. The minimum atomic E-state index is 0.250. The summed E-state index contributed by atoms with van der Waals surface area (Å²) >= 11 is 0. The normalized spacial score (nSPS) is 34.3. The van der Waals surface area contributed by atoms with Crippen LogP contribution in [-0.4, -0.2) is 11.7 Å².